The van der Waals surface area contributed by atoms with Crippen LogP contribution in [0.1, 0.15) is 28.8 Å². The van der Waals surface area contributed by atoms with Gasteiger partial charge in [-0.05, 0) is 36.5 Å². The van der Waals surface area contributed by atoms with Crippen molar-refractivity contribution in [3.05, 3.63) is 58.8 Å². The molecule has 1 aliphatic carbocycles. The predicted octanol–water partition coefficient (Wildman–Crippen LogP) is 3.15. The molecule has 3 nitrogen and oxygen atoms in total. The van der Waals surface area contributed by atoms with Gasteiger partial charge in [0, 0.05) is 17.0 Å². The van der Waals surface area contributed by atoms with E-state index in [9.17, 15) is 0 Å². The topological polar surface area (TPSA) is 62.8 Å². The molecule has 3 rings (SSSR count). The molecule has 0 unspecified atom stereocenters. The molecule has 0 saturated heterocycles. The first-order valence-electron chi connectivity index (χ1n) is 6.78. The average Bonchev–Trinajstić information content (AvgIpc) is 2.92. The molecule has 0 amide bonds. The standard InChI is InChI=1S/C16H17N3S/c17-15(18)13-9-12-7-4-8-14(12)19-16(13)20-10-11-5-2-1-3-6-11/h1-3,5-6,9H,4,7-8,10H2,(H3,17,18). The summed E-state index contributed by atoms with van der Waals surface area (Å²) in [5.41, 5.74) is 10.2. The van der Waals surface area contributed by atoms with Gasteiger partial charge in [-0.25, -0.2) is 4.98 Å². The first kappa shape index (κ1) is 13.2. The summed E-state index contributed by atoms with van der Waals surface area (Å²) in [6.45, 7) is 0. The van der Waals surface area contributed by atoms with E-state index in [1.54, 1.807) is 11.8 Å². The Morgan fingerprint density at radius 2 is 2.05 bits per heavy atom. The predicted molar refractivity (Wildman–Crippen MR) is 83.3 cm³/mol. The van der Waals surface area contributed by atoms with Crippen LogP contribution in [0, 0.1) is 5.41 Å². The van der Waals surface area contributed by atoms with Gasteiger partial charge in [0.05, 0.1) is 0 Å². The molecule has 0 bridgehead atoms. The van der Waals surface area contributed by atoms with E-state index >= 15 is 0 Å². The summed E-state index contributed by atoms with van der Waals surface area (Å²) in [5, 5.41) is 8.64. The number of aryl methyl sites for hydroxylation is 2. The Kier molecular flexibility index (Phi) is 3.74. The Morgan fingerprint density at radius 3 is 2.80 bits per heavy atom. The number of fused-ring (bicyclic) bond motifs is 1. The third-order valence-electron chi connectivity index (χ3n) is 3.52. The third kappa shape index (κ3) is 2.70. The van der Waals surface area contributed by atoms with Crippen molar-refractivity contribution < 1.29 is 0 Å². The fraction of sp³-hybridized carbons (Fsp3) is 0.250. The molecule has 0 radical (unpaired) electrons. The van der Waals surface area contributed by atoms with Crippen LogP contribution in [0.2, 0.25) is 0 Å². The molecule has 20 heavy (non-hydrogen) atoms. The van der Waals surface area contributed by atoms with Crippen LogP contribution in [-0.4, -0.2) is 10.8 Å². The monoisotopic (exact) mass is 283 g/mol. The molecule has 0 spiro atoms. The molecule has 0 atom stereocenters. The van der Waals surface area contributed by atoms with E-state index in [4.69, 9.17) is 16.1 Å². The maximum absolute atomic E-state index is 7.75. The second kappa shape index (κ2) is 5.67. The number of amidine groups is 1. The summed E-state index contributed by atoms with van der Waals surface area (Å²) in [7, 11) is 0. The van der Waals surface area contributed by atoms with Crippen LogP contribution in [-0.2, 0) is 18.6 Å². The van der Waals surface area contributed by atoms with E-state index in [0.29, 0.717) is 0 Å². The number of nitrogens with zero attached hydrogens (tertiary/aromatic N) is 1. The number of nitrogens with two attached hydrogens (primary N) is 1. The lowest BCUT2D eigenvalue weighted by molar-refractivity contribution is 0.891. The lowest BCUT2D eigenvalue weighted by Gasteiger charge is -2.10. The van der Waals surface area contributed by atoms with Gasteiger partial charge in [0.1, 0.15) is 10.9 Å². The van der Waals surface area contributed by atoms with E-state index in [1.165, 1.54) is 16.8 Å². The summed E-state index contributed by atoms with van der Waals surface area (Å²) < 4.78 is 0. The highest BCUT2D eigenvalue weighted by atomic mass is 32.2. The average molecular weight is 283 g/mol. The second-order valence-corrected chi connectivity index (χ2v) is 5.95. The molecule has 3 N–H and O–H groups in total. The highest BCUT2D eigenvalue weighted by molar-refractivity contribution is 7.98. The van der Waals surface area contributed by atoms with Crippen LogP contribution >= 0.6 is 11.8 Å². The first-order valence-corrected chi connectivity index (χ1v) is 7.76. The van der Waals surface area contributed by atoms with Gasteiger partial charge in [-0.15, -0.1) is 11.8 Å². The minimum Gasteiger partial charge on any atom is -0.384 e. The summed E-state index contributed by atoms with van der Waals surface area (Å²) >= 11 is 1.66. The van der Waals surface area contributed by atoms with Gasteiger partial charge in [0.2, 0.25) is 0 Å². The zero-order valence-corrected chi connectivity index (χ0v) is 12.0. The minimum absolute atomic E-state index is 0.114. The Balaban J connectivity index is 1.86. The smallest absolute Gasteiger partial charge is 0.125 e. The van der Waals surface area contributed by atoms with Gasteiger partial charge in [-0.2, -0.15) is 0 Å². The summed E-state index contributed by atoms with van der Waals surface area (Å²) in [4.78, 5) is 4.73. The van der Waals surface area contributed by atoms with Gasteiger partial charge in [-0.3, -0.25) is 5.41 Å². The van der Waals surface area contributed by atoms with Crippen LogP contribution in [0.3, 0.4) is 0 Å². The Morgan fingerprint density at radius 1 is 1.25 bits per heavy atom. The van der Waals surface area contributed by atoms with E-state index in [-0.39, 0.29) is 5.84 Å². The number of benzene rings is 1. The van der Waals surface area contributed by atoms with Gasteiger partial charge in [0.25, 0.3) is 0 Å². The van der Waals surface area contributed by atoms with E-state index in [1.807, 2.05) is 18.2 Å². The molecule has 1 heterocycles. The van der Waals surface area contributed by atoms with Crippen LogP contribution in [0.4, 0.5) is 0 Å². The maximum Gasteiger partial charge on any atom is 0.125 e. The van der Waals surface area contributed by atoms with Crippen LogP contribution in [0.15, 0.2) is 41.4 Å². The van der Waals surface area contributed by atoms with Crippen molar-refractivity contribution in [1.82, 2.24) is 4.98 Å². The zero-order valence-electron chi connectivity index (χ0n) is 11.2. The maximum atomic E-state index is 7.75. The lowest BCUT2D eigenvalue weighted by Crippen LogP contribution is -2.14. The number of thioether (sulfide) groups is 1. The largest absolute Gasteiger partial charge is 0.384 e. The summed E-state index contributed by atoms with van der Waals surface area (Å²) in [5.74, 6) is 0.968. The van der Waals surface area contributed by atoms with Crippen molar-refractivity contribution in [3.8, 4) is 0 Å². The number of hydrogen-bond donors (Lipinski definition) is 2. The minimum atomic E-state index is 0.114. The molecule has 1 aromatic carbocycles. The van der Waals surface area contributed by atoms with Crippen LogP contribution < -0.4 is 5.73 Å². The molecule has 102 valence electrons. The second-order valence-electron chi connectivity index (χ2n) is 4.99. The zero-order chi connectivity index (χ0) is 13.9. The number of aromatic nitrogens is 1. The Bertz CT molecular complexity index is 638. The van der Waals surface area contributed by atoms with Crippen molar-refractivity contribution in [2.45, 2.75) is 30.0 Å². The van der Waals surface area contributed by atoms with Crippen molar-refractivity contribution >= 4 is 17.6 Å². The molecule has 0 saturated carbocycles. The SMILES string of the molecule is N=C(N)c1cc2c(nc1SCc1ccccc1)CCC2. The molecule has 4 heteroatoms. The van der Waals surface area contributed by atoms with Crippen molar-refractivity contribution in [2.24, 2.45) is 5.73 Å². The summed E-state index contributed by atoms with van der Waals surface area (Å²) in [6, 6.07) is 12.4. The van der Waals surface area contributed by atoms with Gasteiger partial charge >= 0.3 is 0 Å². The van der Waals surface area contributed by atoms with Crippen LogP contribution in [0.25, 0.3) is 0 Å². The highest BCUT2D eigenvalue weighted by Gasteiger charge is 2.17. The molecule has 1 aliphatic rings. The fourth-order valence-corrected chi connectivity index (χ4v) is 3.48. The molecule has 2 aromatic rings. The Hall–Kier alpha value is -1.81. The number of rotatable bonds is 4. The van der Waals surface area contributed by atoms with Gasteiger partial charge in [0.15, 0.2) is 0 Å². The number of hydrogen-bond acceptors (Lipinski definition) is 3. The van der Waals surface area contributed by atoms with Crippen LogP contribution in [0.5, 0.6) is 0 Å². The van der Waals surface area contributed by atoms with Crippen molar-refractivity contribution in [2.75, 3.05) is 0 Å². The molecular formula is C16H17N3S. The highest BCUT2D eigenvalue weighted by Crippen LogP contribution is 2.29. The molecule has 0 fully saturated rings. The van der Waals surface area contributed by atoms with Crippen molar-refractivity contribution in [1.29, 1.82) is 5.41 Å². The van der Waals surface area contributed by atoms with E-state index < -0.39 is 0 Å². The normalized spacial score (nSPS) is 13.2. The van der Waals surface area contributed by atoms with E-state index in [2.05, 4.69) is 18.2 Å². The molecular weight excluding hydrogens is 266 g/mol. The number of nitrogens with one attached hydrogen (secondary N) is 1. The fourth-order valence-electron chi connectivity index (χ4n) is 2.48. The van der Waals surface area contributed by atoms with Gasteiger partial charge in [-0.1, -0.05) is 30.3 Å². The van der Waals surface area contributed by atoms with Gasteiger partial charge < -0.3 is 5.73 Å². The van der Waals surface area contributed by atoms with Crippen molar-refractivity contribution in [3.63, 3.8) is 0 Å². The molecule has 0 aliphatic heterocycles. The lowest BCUT2D eigenvalue weighted by atomic mass is 10.1. The molecule has 1 aromatic heterocycles. The number of pyridine rings is 1. The third-order valence-corrected chi connectivity index (χ3v) is 4.59. The number of nitrogen functional groups attached to an aromatic ring is 1. The van der Waals surface area contributed by atoms with E-state index in [0.717, 1.165) is 35.6 Å². The Labute approximate surface area is 123 Å². The summed E-state index contributed by atoms with van der Waals surface area (Å²) in [6.07, 6.45) is 3.27. The first-order chi connectivity index (χ1) is 9.74. The quantitative estimate of drug-likeness (QED) is 0.515.